The number of nitrogens with one attached hydrogen (secondary N) is 1. The molecule has 0 fully saturated rings. The Labute approximate surface area is 99.6 Å². The van der Waals surface area contributed by atoms with Gasteiger partial charge in [-0.2, -0.15) is 11.3 Å². The lowest BCUT2D eigenvalue weighted by Crippen LogP contribution is -2.05. The van der Waals surface area contributed by atoms with Crippen LogP contribution in [0.25, 0.3) is 0 Å². The van der Waals surface area contributed by atoms with Gasteiger partial charge >= 0.3 is 0 Å². The molecule has 2 rings (SSSR count). The zero-order chi connectivity index (χ0) is 11.5. The van der Waals surface area contributed by atoms with E-state index in [1.807, 2.05) is 19.1 Å². The fourth-order valence-electron chi connectivity index (χ4n) is 1.55. The number of phenolic OH excluding ortho intramolecular Hbond substituents is 1. The number of rotatable bonds is 3. The van der Waals surface area contributed by atoms with Crippen LogP contribution in [0.3, 0.4) is 0 Å². The highest BCUT2D eigenvalue weighted by Crippen LogP contribution is 2.25. The molecule has 0 amide bonds. The van der Waals surface area contributed by atoms with Gasteiger partial charge in [0.2, 0.25) is 0 Å². The highest BCUT2D eigenvalue weighted by atomic mass is 32.1. The quantitative estimate of drug-likeness (QED) is 0.841. The first-order valence-corrected chi connectivity index (χ1v) is 6.19. The molecule has 2 aromatic rings. The van der Waals surface area contributed by atoms with E-state index in [0.29, 0.717) is 5.75 Å². The molecular weight excluding hydrogens is 218 g/mol. The minimum Gasteiger partial charge on any atom is -0.508 e. The summed E-state index contributed by atoms with van der Waals surface area (Å²) in [5.74, 6) is 0.336. The van der Waals surface area contributed by atoms with Gasteiger partial charge in [0, 0.05) is 17.8 Å². The summed E-state index contributed by atoms with van der Waals surface area (Å²) >= 11 is 1.69. The maximum atomic E-state index is 9.61. The van der Waals surface area contributed by atoms with Crippen LogP contribution in [0.2, 0.25) is 0 Å². The van der Waals surface area contributed by atoms with Gasteiger partial charge in [0.15, 0.2) is 0 Å². The molecule has 0 bridgehead atoms. The SMILES string of the molecule is Cc1ccc(NC(C)c2ccsc2)cc1O. The van der Waals surface area contributed by atoms with E-state index in [1.54, 1.807) is 17.4 Å². The fourth-order valence-corrected chi connectivity index (χ4v) is 2.31. The number of thiophene rings is 1. The van der Waals surface area contributed by atoms with E-state index in [2.05, 4.69) is 29.1 Å². The second kappa shape index (κ2) is 4.58. The van der Waals surface area contributed by atoms with Crippen LogP contribution in [0.4, 0.5) is 5.69 Å². The van der Waals surface area contributed by atoms with Crippen molar-refractivity contribution in [1.82, 2.24) is 0 Å². The average Bonchev–Trinajstić information content (AvgIpc) is 2.77. The zero-order valence-electron chi connectivity index (χ0n) is 9.40. The molecule has 0 aliphatic heterocycles. The van der Waals surface area contributed by atoms with Gasteiger partial charge < -0.3 is 10.4 Å². The third-order valence-electron chi connectivity index (χ3n) is 2.64. The summed E-state index contributed by atoms with van der Waals surface area (Å²) in [6, 6.07) is 8.03. The molecule has 1 heterocycles. The minimum absolute atomic E-state index is 0.258. The normalized spacial score (nSPS) is 12.4. The van der Waals surface area contributed by atoms with Crippen LogP contribution in [0.15, 0.2) is 35.0 Å². The van der Waals surface area contributed by atoms with Gasteiger partial charge in [0.1, 0.15) is 5.75 Å². The van der Waals surface area contributed by atoms with E-state index >= 15 is 0 Å². The molecule has 0 radical (unpaired) electrons. The van der Waals surface area contributed by atoms with Crippen molar-refractivity contribution in [2.24, 2.45) is 0 Å². The molecule has 0 saturated carbocycles. The molecule has 0 spiro atoms. The number of hydrogen-bond acceptors (Lipinski definition) is 3. The first-order valence-electron chi connectivity index (χ1n) is 5.25. The molecule has 1 aromatic heterocycles. The summed E-state index contributed by atoms with van der Waals surface area (Å²) < 4.78 is 0. The van der Waals surface area contributed by atoms with Crippen LogP contribution in [-0.2, 0) is 0 Å². The molecule has 3 heteroatoms. The third-order valence-corrected chi connectivity index (χ3v) is 3.34. The predicted octanol–water partition coefficient (Wildman–Crippen LogP) is 3.94. The second-order valence-corrected chi connectivity index (χ2v) is 4.70. The van der Waals surface area contributed by atoms with Gasteiger partial charge in [-0.1, -0.05) is 6.07 Å². The fraction of sp³-hybridized carbons (Fsp3) is 0.231. The smallest absolute Gasteiger partial charge is 0.120 e. The van der Waals surface area contributed by atoms with Gasteiger partial charge in [-0.05, 0) is 47.9 Å². The van der Waals surface area contributed by atoms with E-state index in [4.69, 9.17) is 0 Å². The highest BCUT2D eigenvalue weighted by molar-refractivity contribution is 7.07. The lowest BCUT2D eigenvalue weighted by atomic mass is 10.1. The molecule has 0 aliphatic carbocycles. The van der Waals surface area contributed by atoms with E-state index in [9.17, 15) is 5.11 Å². The summed E-state index contributed by atoms with van der Waals surface area (Å²) in [7, 11) is 0. The van der Waals surface area contributed by atoms with Crippen LogP contribution in [-0.4, -0.2) is 5.11 Å². The highest BCUT2D eigenvalue weighted by Gasteiger charge is 2.06. The van der Waals surface area contributed by atoms with Gasteiger partial charge in [0.25, 0.3) is 0 Å². The van der Waals surface area contributed by atoms with Crippen molar-refractivity contribution in [3.05, 3.63) is 46.2 Å². The molecule has 16 heavy (non-hydrogen) atoms. The Kier molecular flexibility index (Phi) is 3.15. The van der Waals surface area contributed by atoms with Crippen molar-refractivity contribution in [3.63, 3.8) is 0 Å². The number of phenols is 1. The van der Waals surface area contributed by atoms with Gasteiger partial charge in [-0.15, -0.1) is 0 Å². The summed E-state index contributed by atoms with van der Waals surface area (Å²) in [6.07, 6.45) is 0. The number of aromatic hydroxyl groups is 1. The first-order chi connectivity index (χ1) is 7.66. The Balaban J connectivity index is 2.12. The molecule has 0 aliphatic rings. The lowest BCUT2D eigenvalue weighted by molar-refractivity contribution is 0.471. The standard InChI is InChI=1S/C13H15NOS/c1-9-3-4-12(7-13(9)15)14-10(2)11-5-6-16-8-11/h3-8,10,14-15H,1-2H3. The zero-order valence-corrected chi connectivity index (χ0v) is 10.2. The van der Waals surface area contributed by atoms with Crippen LogP contribution in [0, 0.1) is 6.92 Å². The van der Waals surface area contributed by atoms with Crippen molar-refractivity contribution < 1.29 is 5.11 Å². The summed E-state index contributed by atoms with van der Waals surface area (Å²) in [6.45, 7) is 4.00. The Hall–Kier alpha value is -1.48. The largest absolute Gasteiger partial charge is 0.508 e. The van der Waals surface area contributed by atoms with Crippen molar-refractivity contribution >= 4 is 17.0 Å². The molecule has 2 nitrogen and oxygen atoms in total. The summed E-state index contributed by atoms with van der Waals surface area (Å²) in [5, 5.41) is 17.2. The van der Waals surface area contributed by atoms with Gasteiger partial charge in [0.05, 0.1) is 0 Å². The molecule has 1 aromatic carbocycles. The number of aryl methyl sites for hydroxylation is 1. The molecule has 0 saturated heterocycles. The molecular formula is C13H15NOS. The Morgan fingerprint density at radius 1 is 1.31 bits per heavy atom. The van der Waals surface area contributed by atoms with Gasteiger partial charge in [-0.3, -0.25) is 0 Å². The van der Waals surface area contributed by atoms with E-state index < -0.39 is 0 Å². The molecule has 84 valence electrons. The van der Waals surface area contributed by atoms with Gasteiger partial charge in [-0.25, -0.2) is 0 Å². The van der Waals surface area contributed by atoms with Crippen molar-refractivity contribution in [1.29, 1.82) is 0 Å². The predicted molar refractivity (Wildman–Crippen MR) is 69.2 cm³/mol. The maximum Gasteiger partial charge on any atom is 0.120 e. The molecule has 1 atom stereocenters. The summed E-state index contributed by atoms with van der Waals surface area (Å²) in [5.41, 5.74) is 3.11. The Bertz CT molecular complexity index is 465. The number of hydrogen-bond donors (Lipinski definition) is 2. The average molecular weight is 233 g/mol. The first kappa shape index (κ1) is 11.0. The van der Waals surface area contributed by atoms with Crippen LogP contribution in [0.5, 0.6) is 5.75 Å². The molecule has 1 unspecified atom stereocenters. The van der Waals surface area contributed by atoms with Crippen molar-refractivity contribution in [2.45, 2.75) is 19.9 Å². The van der Waals surface area contributed by atoms with Crippen molar-refractivity contribution in [3.8, 4) is 5.75 Å². The topological polar surface area (TPSA) is 32.3 Å². The monoisotopic (exact) mass is 233 g/mol. The minimum atomic E-state index is 0.258. The summed E-state index contributed by atoms with van der Waals surface area (Å²) in [4.78, 5) is 0. The Morgan fingerprint density at radius 3 is 2.75 bits per heavy atom. The van der Waals surface area contributed by atoms with Crippen molar-refractivity contribution in [2.75, 3.05) is 5.32 Å². The lowest BCUT2D eigenvalue weighted by Gasteiger charge is -2.14. The van der Waals surface area contributed by atoms with E-state index in [0.717, 1.165) is 11.3 Å². The van der Waals surface area contributed by atoms with Crippen LogP contribution < -0.4 is 5.32 Å². The van der Waals surface area contributed by atoms with Crippen LogP contribution >= 0.6 is 11.3 Å². The second-order valence-electron chi connectivity index (χ2n) is 3.92. The third kappa shape index (κ3) is 2.36. The number of anilines is 1. The van der Waals surface area contributed by atoms with E-state index in [-0.39, 0.29) is 6.04 Å². The Morgan fingerprint density at radius 2 is 2.12 bits per heavy atom. The van der Waals surface area contributed by atoms with E-state index in [1.165, 1.54) is 5.56 Å². The maximum absolute atomic E-state index is 9.61. The molecule has 2 N–H and O–H groups in total. The number of benzene rings is 1. The van der Waals surface area contributed by atoms with Crippen LogP contribution in [0.1, 0.15) is 24.1 Å².